The fourth-order valence-corrected chi connectivity index (χ4v) is 4.70. The summed E-state index contributed by atoms with van der Waals surface area (Å²) in [6.07, 6.45) is -4.47. The van der Waals surface area contributed by atoms with Crippen molar-refractivity contribution in [1.82, 2.24) is 9.78 Å². The van der Waals surface area contributed by atoms with E-state index in [0.29, 0.717) is 10.9 Å². The summed E-state index contributed by atoms with van der Waals surface area (Å²) in [4.78, 5) is 62.8. The first-order chi connectivity index (χ1) is 18.2. The second kappa shape index (κ2) is 9.71. The van der Waals surface area contributed by atoms with Crippen molar-refractivity contribution in [1.29, 1.82) is 0 Å². The molecule has 1 saturated heterocycles. The topological polar surface area (TPSA) is 143 Å². The molecule has 1 aromatic heterocycles. The van der Waals surface area contributed by atoms with Crippen LogP contribution in [0.25, 0.3) is 10.9 Å². The van der Waals surface area contributed by atoms with Crippen molar-refractivity contribution < 1.29 is 42.9 Å². The molecule has 0 bridgehead atoms. The van der Waals surface area contributed by atoms with Gasteiger partial charge in [0.25, 0.3) is 11.8 Å². The molecule has 0 unspecified atom stereocenters. The summed E-state index contributed by atoms with van der Waals surface area (Å²) in [7, 11) is 0. The number of ether oxygens (including phenoxy) is 4. The van der Waals surface area contributed by atoms with Crippen molar-refractivity contribution in [3.05, 3.63) is 59.7 Å². The number of nitrogens with zero attached hydrogens (tertiary/aromatic N) is 3. The van der Waals surface area contributed by atoms with Crippen LogP contribution in [0.5, 0.6) is 0 Å². The normalized spacial score (nSPS) is 22.4. The molecule has 0 radical (unpaired) electrons. The zero-order chi connectivity index (χ0) is 27.1. The predicted molar refractivity (Wildman–Crippen MR) is 129 cm³/mol. The molecule has 0 spiro atoms. The maximum atomic E-state index is 13.2. The number of aromatic nitrogens is 2. The molecule has 1 fully saturated rings. The van der Waals surface area contributed by atoms with E-state index in [-0.39, 0.29) is 23.6 Å². The van der Waals surface area contributed by atoms with Gasteiger partial charge in [-0.1, -0.05) is 24.3 Å². The van der Waals surface area contributed by atoms with Crippen molar-refractivity contribution in [2.75, 3.05) is 11.5 Å². The van der Waals surface area contributed by atoms with E-state index >= 15 is 0 Å². The number of rotatable bonds is 6. The minimum Gasteiger partial charge on any atom is -0.463 e. The molecule has 2 aromatic carbocycles. The van der Waals surface area contributed by atoms with Gasteiger partial charge in [-0.15, -0.1) is 0 Å². The average molecular weight is 521 g/mol. The number of imide groups is 1. The van der Waals surface area contributed by atoms with Crippen LogP contribution in [0.4, 0.5) is 5.82 Å². The highest BCUT2D eigenvalue weighted by atomic mass is 16.7. The molecule has 38 heavy (non-hydrogen) atoms. The Morgan fingerprint density at radius 1 is 0.842 bits per heavy atom. The van der Waals surface area contributed by atoms with Gasteiger partial charge in [0.05, 0.1) is 16.6 Å². The van der Waals surface area contributed by atoms with Gasteiger partial charge in [-0.3, -0.25) is 24.0 Å². The Labute approximate surface area is 216 Å². The number of esters is 3. The van der Waals surface area contributed by atoms with Gasteiger partial charge in [-0.2, -0.15) is 5.10 Å². The lowest BCUT2D eigenvalue weighted by molar-refractivity contribution is -0.166. The fraction of sp³-hybridized carbons (Fsp3) is 0.308. The Hall–Kier alpha value is -4.58. The van der Waals surface area contributed by atoms with Gasteiger partial charge >= 0.3 is 17.9 Å². The summed E-state index contributed by atoms with van der Waals surface area (Å²) in [5.41, 5.74) is 0.959. The van der Waals surface area contributed by atoms with Crippen molar-refractivity contribution in [3.63, 3.8) is 0 Å². The van der Waals surface area contributed by atoms with E-state index in [2.05, 4.69) is 5.10 Å². The lowest BCUT2D eigenvalue weighted by Gasteiger charge is -2.23. The van der Waals surface area contributed by atoms with E-state index in [4.69, 9.17) is 18.9 Å². The maximum Gasteiger partial charge on any atom is 0.303 e. The van der Waals surface area contributed by atoms with Gasteiger partial charge in [0, 0.05) is 26.2 Å². The minimum absolute atomic E-state index is 0.0597. The maximum absolute atomic E-state index is 13.2. The van der Waals surface area contributed by atoms with E-state index in [0.717, 1.165) is 4.90 Å². The van der Waals surface area contributed by atoms with Crippen molar-refractivity contribution in [3.8, 4) is 0 Å². The van der Waals surface area contributed by atoms with E-state index in [1.807, 2.05) is 0 Å². The Morgan fingerprint density at radius 2 is 1.42 bits per heavy atom. The zero-order valence-electron chi connectivity index (χ0n) is 20.7. The van der Waals surface area contributed by atoms with Gasteiger partial charge in [0.1, 0.15) is 12.7 Å². The number of carbonyl (C=O) groups is 5. The monoisotopic (exact) mass is 521 g/mol. The van der Waals surface area contributed by atoms with Gasteiger partial charge in [0.2, 0.25) is 0 Å². The number of hydrogen-bond acceptors (Lipinski definition) is 10. The summed E-state index contributed by atoms with van der Waals surface area (Å²) >= 11 is 0. The highest BCUT2D eigenvalue weighted by Gasteiger charge is 2.52. The molecule has 12 nitrogen and oxygen atoms in total. The highest BCUT2D eigenvalue weighted by molar-refractivity contribution is 6.35. The summed E-state index contributed by atoms with van der Waals surface area (Å²) in [5.74, 6) is -2.93. The Balaban J connectivity index is 1.61. The first-order valence-corrected chi connectivity index (χ1v) is 11.8. The number of anilines is 1. The van der Waals surface area contributed by atoms with Crippen LogP contribution in [0.2, 0.25) is 0 Å². The SMILES string of the molecule is CC(=O)OC[C@H]1O[C@@H](n2nc(N3C(=O)c4ccccc4C3=O)c3ccccc32)[C@@H](OC(C)=O)[C@H]1OC(C)=O. The third-order valence-corrected chi connectivity index (χ3v) is 6.18. The zero-order valence-corrected chi connectivity index (χ0v) is 20.7. The molecular formula is C26H23N3O9. The van der Waals surface area contributed by atoms with Crippen LogP contribution in [0.3, 0.4) is 0 Å². The van der Waals surface area contributed by atoms with Crippen LogP contribution in [-0.4, -0.2) is 64.4 Å². The molecule has 4 atom stereocenters. The highest BCUT2D eigenvalue weighted by Crippen LogP contribution is 2.39. The van der Waals surface area contributed by atoms with Crippen molar-refractivity contribution in [2.45, 2.75) is 45.3 Å². The van der Waals surface area contributed by atoms with Crippen LogP contribution in [0.1, 0.15) is 47.7 Å². The van der Waals surface area contributed by atoms with E-state index in [9.17, 15) is 24.0 Å². The molecule has 12 heteroatoms. The van der Waals surface area contributed by atoms with Crippen LogP contribution < -0.4 is 4.90 Å². The Bertz CT molecular complexity index is 1440. The van der Waals surface area contributed by atoms with E-state index < -0.39 is 54.3 Å². The molecule has 2 amide bonds. The molecule has 0 saturated carbocycles. The first kappa shape index (κ1) is 25.1. The number of amides is 2. The molecule has 0 N–H and O–H groups in total. The van der Waals surface area contributed by atoms with Gasteiger partial charge in [-0.05, 0) is 24.3 Å². The van der Waals surface area contributed by atoms with Gasteiger partial charge in [0.15, 0.2) is 24.3 Å². The minimum atomic E-state index is -1.18. The average Bonchev–Trinajstić information content (AvgIpc) is 3.48. The largest absolute Gasteiger partial charge is 0.463 e. The third-order valence-electron chi connectivity index (χ3n) is 6.18. The molecule has 3 aromatic rings. The lowest BCUT2D eigenvalue weighted by Crippen LogP contribution is -2.40. The smallest absolute Gasteiger partial charge is 0.303 e. The quantitative estimate of drug-likeness (QED) is 0.269. The summed E-state index contributed by atoms with van der Waals surface area (Å²) < 4.78 is 23.5. The summed E-state index contributed by atoms with van der Waals surface area (Å²) in [5, 5.41) is 5.03. The first-order valence-electron chi connectivity index (χ1n) is 11.8. The van der Waals surface area contributed by atoms with Gasteiger partial charge < -0.3 is 18.9 Å². The Morgan fingerprint density at radius 3 is 2.03 bits per heavy atom. The predicted octanol–water partition coefficient (Wildman–Crippen LogP) is 2.16. The Kier molecular flexibility index (Phi) is 6.41. The fourth-order valence-electron chi connectivity index (χ4n) is 4.70. The van der Waals surface area contributed by atoms with E-state index in [1.165, 1.54) is 25.5 Å². The summed E-state index contributed by atoms with van der Waals surface area (Å²) in [6, 6.07) is 13.3. The molecule has 0 aliphatic carbocycles. The number of benzene rings is 2. The summed E-state index contributed by atoms with van der Waals surface area (Å²) in [6.45, 7) is 3.30. The number of para-hydroxylation sites is 1. The lowest BCUT2D eigenvalue weighted by atomic mass is 10.1. The standard InChI is InChI=1S/C26H23N3O9/c1-13(30)35-12-20-21(36-14(2)31)22(37-15(3)32)26(38-20)29-19-11-7-6-10-18(19)23(27-29)28-24(33)16-8-4-5-9-17(16)25(28)34/h4-11,20-22,26H,12H2,1-3H3/t20-,21+,22+,26-/m1/s1. The molecule has 196 valence electrons. The van der Waals surface area contributed by atoms with Crippen molar-refractivity contribution >= 4 is 46.4 Å². The van der Waals surface area contributed by atoms with Crippen LogP contribution in [-0.2, 0) is 33.3 Å². The van der Waals surface area contributed by atoms with Crippen LogP contribution >= 0.6 is 0 Å². The van der Waals surface area contributed by atoms with Crippen molar-refractivity contribution in [2.24, 2.45) is 0 Å². The third kappa shape index (κ3) is 4.28. The molecule has 3 heterocycles. The van der Waals surface area contributed by atoms with Gasteiger partial charge in [-0.25, -0.2) is 9.58 Å². The number of hydrogen-bond donors (Lipinski definition) is 0. The molecular weight excluding hydrogens is 498 g/mol. The number of fused-ring (bicyclic) bond motifs is 2. The second-order valence-corrected chi connectivity index (χ2v) is 8.79. The number of carbonyl (C=O) groups excluding carboxylic acids is 5. The molecule has 2 aliphatic heterocycles. The molecule has 5 rings (SSSR count). The van der Waals surface area contributed by atoms with Crippen LogP contribution in [0, 0.1) is 0 Å². The van der Waals surface area contributed by atoms with E-state index in [1.54, 1.807) is 48.5 Å². The van der Waals surface area contributed by atoms with Crippen LogP contribution in [0.15, 0.2) is 48.5 Å². The molecule has 2 aliphatic rings. The second-order valence-electron chi connectivity index (χ2n) is 8.79.